The third-order valence-corrected chi connectivity index (χ3v) is 8.04. The lowest BCUT2D eigenvalue weighted by molar-refractivity contribution is -0.126. The van der Waals surface area contributed by atoms with Gasteiger partial charge in [-0.1, -0.05) is 31.2 Å². The first kappa shape index (κ1) is 22.2. The molecule has 1 amide bonds. The third kappa shape index (κ3) is 6.27. The number of nitrogens with zero attached hydrogens (tertiary/aromatic N) is 2. The Morgan fingerprint density at radius 3 is 2.45 bits per heavy atom. The van der Waals surface area contributed by atoms with Crippen LogP contribution in [-0.2, 0) is 20.6 Å². The van der Waals surface area contributed by atoms with E-state index in [2.05, 4.69) is 17.1 Å². The predicted molar refractivity (Wildman–Crippen MR) is 116 cm³/mol. The molecule has 2 aliphatic heterocycles. The van der Waals surface area contributed by atoms with Gasteiger partial charge in [-0.2, -0.15) is 0 Å². The van der Waals surface area contributed by atoms with Crippen molar-refractivity contribution in [2.75, 3.05) is 39.3 Å². The highest BCUT2D eigenvalue weighted by Crippen LogP contribution is 2.23. The number of likely N-dealkylation sites (tertiary alicyclic amines) is 1. The molecule has 2 heterocycles. The largest absolute Gasteiger partial charge is 0.356 e. The van der Waals surface area contributed by atoms with E-state index in [0.29, 0.717) is 38.4 Å². The summed E-state index contributed by atoms with van der Waals surface area (Å²) in [6.07, 6.45) is 3.76. The van der Waals surface area contributed by atoms with Crippen LogP contribution in [0.2, 0.25) is 0 Å². The number of hydrogen-bond acceptors (Lipinski definition) is 4. The van der Waals surface area contributed by atoms with E-state index < -0.39 is 10.0 Å². The third-order valence-electron chi connectivity index (χ3n) is 6.21. The van der Waals surface area contributed by atoms with Crippen molar-refractivity contribution in [3.8, 4) is 0 Å². The Balaban J connectivity index is 1.43. The SMILES string of the molecule is Cc1ccccc1CS(=O)(=O)N1CCC(C(=O)NC[C@H](C)CN2CCCC2)CC1. The van der Waals surface area contributed by atoms with Gasteiger partial charge in [-0.15, -0.1) is 0 Å². The molecule has 0 aromatic heterocycles. The molecule has 3 rings (SSSR count). The first-order chi connectivity index (χ1) is 13.8. The van der Waals surface area contributed by atoms with Gasteiger partial charge in [-0.3, -0.25) is 4.79 Å². The molecule has 2 fully saturated rings. The average Bonchev–Trinajstić information content (AvgIpc) is 3.21. The number of carbonyl (C=O) groups is 1. The van der Waals surface area contributed by atoms with E-state index in [0.717, 1.165) is 17.7 Å². The number of hydrogen-bond donors (Lipinski definition) is 1. The Morgan fingerprint density at radius 2 is 1.79 bits per heavy atom. The van der Waals surface area contributed by atoms with Crippen molar-refractivity contribution in [1.82, 2.24) is 14.5 Å². The van der Waals surface area contributed by atoms with Crippen LogP contribution in [0.3, 0.4) is 0 Å². The summed E-state index contributed by atoms with van der Waals surface area (Å²) in [4.78, 5) is 15.0. The minimum Gasteiger partial charge on any atom is -0.356 e. The van der Waals surface area contributed by atoms with Crippen LogP contribution in [0, 0.1) is 18.8 Å². The molecule has 0 unspecified atom stereocenters. The van der Waals surface area contributed by atoms with Gasteiger partial charge in [-0.05, 0) is 62.7 Å². The molecule has 0 spiro atoms. The summed E-state index contributed by atoms with van der Waals surface area (Å²) in [5.41, 5.74) is 1.84. The predicted octanol–water partition coefficient (Wildman–Crippen LogP) is 2.38. The zero-order valence-electron chi connectivity index (χ0n) is 17.8. The van der Waals surface area contributed by atoms with Gasteiger partial charge in [0.2, 0.25) is 15.9 Å². The summed E-state index contributed by atoms with van der Waals surface area (Å²) >= 11 is 0. The van der Waals surface area contributed by atoms with Crippen LogP contribution in [0.15, 0.2) is 24.3 Å². The van der Waals surface area contributed by atoms with Crippen LogP contribution < -0.4 is 5.32 Å². The van der Waals surface area contributed by atoms with Gasteiger partial charge in [0.1, 0.15) is 0 Å². The Kier molecular flexibility index (Phi) is 7.71. The number of amides is 1. The van der Waals surface area contributed by atoms with Crippen LogP contribution in [0.4, 0.5) is 0 Å². The molecule has 1 aromatic carbocycles. The molecule has 1 aromatic rings. The molecule has 162 valence electrons. The molecule has 0 saturated carbocycles. The number of piperidine rings is 1. The Labute approximate surface area is 175 Å². The van der Waals surface area contributed by atoms with E-state index in [4.69, 9.17) is 0 Å². The number of sulfonamides is 1. The molecule has 2 saturated heterocycles. The van der Waals surface area contributed by atoms with Crippen molar-refractivity contribution in [1.29, 1.82) is 0 Å². The molecule has 2 aliphatic rings. The van der Waals surface area contributed by atoms with E-state index in [-0.39, 0.29) is 17.6 Å². The van der Waals surface area contributed by atoms with Crippen molar-refractivity contribution in [3.05, 3.63) is 35.4 Å². The summed E-state index contributed by atoms with van der Waals surface area (Å²) < 4.78 is 27.1. The number of rotatable bonds is 8. The summed E-state index contributed by atoms with van der Waals surface area (Å²) in [6, 6.07) is 7.60. The topological polar surface area (TPSA) is 69.7 Å². The minimum atomic E-state index is -3.35. The second-order valence-electron chi connectivity index (χ2n) is 8.71. The maximum absolute atomic E-state index is 12.8. The van der Waals surface area contributed by atoms with Crippen LogP contribution in [0.1, 0.15) is 43.7 Å². The smallest absolute Gasteiger partial charge is 0.223 e. The molecule has 0 aliphatic carbocycles. The second kappa shape index (κ2) is 10.0. The van der Waals surface area contributed by atoms with E-state index in [1.807, 2.05) is 31.2 Å². The molecular formula is C22H35N3O3S. The minimum absolute atomic E-state index is 0.0323. The fraction of sp³-hybridized carbons (Fsp3) is 0.682. The lowest BCUT2D eigenvalue weighted by Gasteiger charge is -2.31. The van der Waals surface area contributed by atoms with Crippen molar-refractivity contribution < 1.29 is 13.2 Å². The van der Waals surface area contributed by atoms with Gasteiger partial charge in [0.05, 0.1) is 5.75 Å². The summed E-state index contributed by atoms with van der Waals surface area (Å²) in [5.74, 6) is 0.463. The average molecular weight is 422 g/mol. The zero-order chi connectivity index (χ0) is 20.9. The Hall–Kier alpha value is -1.44. The number of benzene rings is 1. The quantitative estimate of drug-likeness (QED) is 0.700. The van der Waals surface area contributed by atoms with Gasteiger partial charge in [0.15, 0.2) is 0 Å². The molecule has 6 nitrogen and oxygen atoms in total. The normalized spacial score (nSPS) is 20.6. The van der Waals surface area contributed by atoms with E-state index in [1.165, 1.54) is 25.9 Å². The molecule has 1 atom stereocenters. The van der Waals surface area contributed by atoms with E-state index >= 15 is 0 Å². The first-order valence-electron chi connectivity index (χ1n) is 10.9. The fourth-order valence-corrected chi connectivity index (χ4v) is 6.01. The maximum Gasteiger partial charge on any atom is 0.223 e. The summed E-state index contributed by atoms with van der Waals surface area (Å²) in [7, 11) is -3.35. The molecule has 0 radical (unpaired) electrons. The van der Waals surface area contributed by atoms with Crippen molar-refractivity contribution in [2.45, 2.75) is 45.3 Å². The molecule has 0 bridgehead atoms. The highest BCUT2D eigenvalue weighted by Gasteiger charge is 2.31. The number of aryl methyl sites for hydroxylation is 1. The van der Waals surface area contributed by atoms with Crippen LogP contribution in [-0.4, -0.2) is 62.8 Å². The van der Waals surface area contributed by atoms with Gasteiger partial charge in [0.25, 0.3) is 0 Å². The maximum atomic E-state index is 12.8. The van der Waals surface area contributed by atoms with Gasteiger partial charge >= 0.3 is 0 Å². The van der Waals surface area contributed by atoms with Crippen molar-refractivity contribution in [3.63, 3.8) is 0 Å². The lowest BCUT2D eigenvalue weighted by atomic mass is 9.97. The Bertz CT molecular complexity index is 782. The second-order valence-corrected chi connectivity index (χ2v) is 10.7. The first-order valence-corrected chi connectivity index (χ1v) is 12.5. The molecular weight excluding hydrogens is 386 g/mol. The summed E-state index contributed by atoms with van der Waals surface area (Å²) in [5, 5.41) is 3.09. The summed E-state index contributed by atoms with van der Waals surface area (Å²) in [6.45, 7) is 9.05. The highest BCUT2D eigenvalue weighted by molar-refractivity contribution is 7.88. The van der Waals surface area contributed by atoms with Gasteiger partial charge < -0.3 is 10.2 Å². The number of nitrogens with one attached hydrogen (secondary N) is 1. The Morgan fingerprint density at radius 1 is 1.14 bits per heavy atom. The molecule has 29 heavy (non-hydrogen) atoms. The van der Waals surface area contributed by atoms with Crippen molar-refractivity contribution >= 4 is 15.9 Å². The lowest BCUT2D eigenvalue weighted by Crippen LogP contribution is -2.44. The highest BCUT2D eigenvalue weighted by atomic mass is 32.2. The monoisotopic (exact) mass is 421 g/mol. The van der Waals surface area contributed by atoms with Gasteiger partial charge in [0, 0.05) is 32.1 Å². The number of carbonyl (C=O) groups excluding carboxylic acids is 1. The standard InChI is InChI=1S/C22H35N3O3S/c1-18(16-24-11-5-6-12-24)15-23-22(26)20-9-13-25(14-10-20)29(27,28)17-21-8-4-3-7-19(21)2/h3-4,7-8,18,20H,5-6,9-17H2,1-2H3,(H,23,26)/t18-/m0/s1. The van der Waals surface area contributed by atoms with Crippen LogP contribution >= 0.6 is 0 Å². The van der Waals surface area contributed by atoms with E-state index in [1.54, 1.807) is 4.31 Å². The van der Waals surface area contributed by atoms with Crippen LogP contribution in [0.5, 0.6) is 0 Å². The zero-order valence-corrected chi connectivity index (χ0v) is 18.6. The molecule has 1 N–H and O–H groups in total. The molecule has 7 heteroatoms. The van der Waals surface area contributed by atoms with Gasteiger partial charge in [-0.25, -0.2) is 12.7 Å². The van der Waals surface area contributed by atoms with E-state index in [9.17, 15) is 13.2 Å². The van der Waals surface area contributed by atoms with Crippen molar-refractivity contribution in [2.24, 2.45) is 11.8 Å². The van der Waals surface area contributed by atoms with Crippen LogP contribution in [0.25, 0.3) is 0 Å². The fourth-order valence-electron chi connectivity index (χ4n) is 4.35.